The van der Waals surface area contributed by atoms with Gasteiger partial charge in [-0.3, -0.25) is 14.4 Å². The number of esters is 1. The van der Waals surface area contributed by atoms with Gasteiger partial charge in [0, 0.05) is 23.1 Å². The van der Waals surface area contributed by atoms with Crippen LogP contribution in [0.15, 0.2) is 72.8 Å². The lowest BCUT2D eigenvalue weighted by Crippen LogP contribution is -2.17. The number of carbonyl (C=O) groups is 3. The number of nitrogens with one attached hydrogen (secondary N) is 2. The van der Waals surface area contributed by atoms with E-state index in [1.165, 1.54) is 13.0 Å². The van der Waals surface area contributed by atoms with Gasteiger partial charge in [0.1, 0.15) is 5.75 Å². The van der Waals surface area contributed by atoms with Crippen LogP contribution in [-0.4, -0.2) is 17.8 Å². The maximum atomic E-state index is 12.6. The summed E-state index contributed by atoms with van der Waals surface area (Å²) in [5, 5.41) is 5.97. The summed E-state index contributed by atoms with van der Waals surface area (Å²) in [6, 6.07) is 19.6. The van der Waals surface area contributed by atoms with E-state index in [9.17, 15) is 14.4 Å². The molecular weight excluding hydrogens is 392 g/mol. The SMILES string of the molecule is CC(=O)Oc1cccc(C(=O)Nc2ccccc2NC(=O)c2cccc(Cl)c2)c1. The molecule has 0 aromatic heterocycles. The molecule has 146 valence electrons. The highest BCUT2D eigenvalue weighted by molar-refractivity contribution is 6.31. The Balaban J connectivity index is 1.78. The van der Waals surface area contributed by atoms with Crippen molar-refractivity contribution in [3.05, 3.63) is 88.9 Å². The molecule has 0 saturated carbocycles. The van der Waals surface area contributed by atoms with Crippen LogP contribution in [0.4, 0.5) is 11.4 Å². The highest BCUT2D eigenvalue weighted by atomic mass is 35.5. The monoisotopic (exact) mass is 408 g/mol. The molecule has 0 atom stereocenters. The molecule has 7 heteroatoms. The molecule has 0 saturated heterocycles. The Morgan fingerprint density at radius 3 is 1.86 bits per heavy atom. The zero-order valence-corrected chi connectivity index (χ0v) is 16.2. The number of carbonyl (C=O) groups excluding carboxylic acids is 3. The fraction of sp³-hybridized carbons (Fsp3) is 0.0455. The van der Waals surface area contributed by atoms with E-state index in [0.717, 1.165) is 0 Å². The van der Waals surface area contributed by atoms with E-state index >= 15 is 0 Å². The summed E-state index contributed by atoms with van der Waals surface area (Å²) >= 11 is 5.94. The summed E-state index contributed by atoms with van der Waals surface area (Å²) < 4.78 is 5.00. The van der Waals surface area contributed by atoms with Crippen molar-refractivity contribution < 1.29 is 19.1 Å². The van der Waals surface area contributed by atoms with E-state index in [4.69, 9.17) is 16.3 Å². The minimum Gasteiger partial charge on any atom is -0.427 e. The quantitative estimate of drug-likeness (QED) is 0.470. The first-order chi connectivity index (χ1) is 13.9. The second-order valence-corrected chi connectivity index (χ2v) is 6.52. The van der Waals surface area contributed by atoms with E-state index in [0.29, 0.717) is 27.5 Å². The Hall–Kier alpha value is -3.64. The van der Waals surface area contributed by atoms with Crippen molar-refractivity contribution in [2.45, 2.75) is 6.92 Å². The molecule has 0 aliphatic carbocycles. The first kappa shape index (κ1) is 20.1. The van der Waals surface area contributed by atoms with Gasteiger partial charge < -0.3 is 15.4 Å². The first-order valence-electron chi connectivity index (χ1n) is 8.68. The maximum absolute atomic E-state index is 12.6. The fourth-order valence-corrected chi connectivity index (χ4v) is 2.78. The molecule has 0 aliphatic heterocycles. The van der Waals surface area contributed by atoms with Crippen LogP contribution in [0.2, 0.25) is 5.02 Å². The third-order valence-electron chi connectivity index (χ3n) is 3.87. The molecule has 3 aromatic carbocycles. The maximum Gasteiger partial charge on any atom is 0.308 e. The fourth-order valence-electron chi connectivity index (χ4n) is 2.59. The van der Waals surface area contributed by atoms with Crippen LogP contribution in [0.3, 0.4) is 0 Å². The van der Waals surface area contributed by atoms with Gasteiger partial charge in [-0.05, 0) is 48.5 Å². The van der Waals surface area contributed by atoms with Gasteiger partial charge in [-0.2, -0.15) is 0 Å². The van der Waals surface area contributed by atoms with E-state index in [2.05, 4.69) is 10.6 Å². The van der Waals surface area contributed by atoms with Crippen LogP contribution in [0.25, 0.3) is 0 Å². The van der Waals surface area contributed by atoms with Crippen molar-refractivity contribution in [3.8, 4) is 5.75 Å². The number of hydrogen-bond acceptors (Lipinski definition) is 4. The van der Waals surface area contributed by atoms with Crippen molar-refractivity contribution in [2.75, 3.05) is 10.6 Å². The van der Waals surface area contributed by atoms with E-state index in [-0.39, 0.29) is 11.7 Å². The molecule has 0 radical (unpaired) electrons. The molecule has 0 unspecified atom stereocenters. The number of halogens is 1. The van der Waals surface area contributed by atoms with Crippen molar-refractivity contribution in [2.24, 2.45) is 0 Å². The summed E-state index contributed by atoms with van der Waals surface area (Å²) in [5.41, 5.74) is 1.56. The van der Waals surface area contributed by atoms with Gasteiger partial charge in [-0.25, -0.2) is 0 Å². The topological polar surface area (TPSA) is 84.5 Å². The zero-order chi connectivity index (χ0) is 20.8. The summed E-state index contributed by atoms with van der Waals surface area (Å²) in [6.07, 6.45) is 0. The van der Waals surface area contributed by atoms with Crippen molar-refractivity contribution in [3.63, 3.8) is 0 Å². The number of benzene rings is 3. The van der Waals surface area contributed by atoms with Crippen LogP contribution in [0.1, 0.15) is 27.6 Å². The normalized spacial score (nSPS) is 10.1. The lowest BCUT2D eigenvalue weighted by atomic mass is 10.1. The number of anilines is 2. The highest BCUT2D eigenvalue weighted by Crippen LogP contribution is 2.24. The molecule has 0 bridgehead atoms. The summed E-state index contributed by atoms with van der Waals surface area (Å²) in [7, 11) is 0. The molecule has 29 heavy (non-hydrogen) atoms. The highest BCUT2D eigenvalue weighted by Gasteiger charge is 2.13. The Labute approximate surface area is 172 Å². The molecule has 3 aromatic rings. The van der Waals surface area contributed by atoms with Crippen molar-refractivity contribution >= 4 is 40.8 Å². The lowest BCUT2D eigenvalue weighted by Gasteiger charge is -2.13. The standard InChI is InChI=1S/C22H17ClN2O4/c1-14(26)29-18-9-5-7-16(13-18)22(28)25-20-11-3-2-10-19(20)24-21(27)15-6-4-8-17(23)12-15/h2-13H,1H3,(H,24,27)(H,25,28). The number of hydrogen-bond donors (Lipinski definition) is 2. The van der Waals surface area contributed by atoms with E-state index in [1.54, 1.807) is 66.7 Å². The third-order valence-corrected chi connectivity index (χ3v) is 4.10. The summed E-state index contributed by atoms with van der Waals surface area (Å²) in [4.78, 5) is 36.2. The van der Waals surface area contributed by atoms with Gasteiger partial charge >= 0.3 is 5.97 Å². The Morgan fingerprint density at radius 2 is 1.31 bits per heavy atom. The van der Waals surface area contributed by atoms with Crippen LogP contribution >= 0.6 is 11.6 Å². The zero-order valence-electron chi connectivity index (χ0n) is 15.4. The number of rotatable bonds is 5. The molecule has 0 aliphatic rings. The first-order valence-corrected chi connectivity index (χ1v) is 9.06. The molecular formula is C22H17ClN2O4. The Bertz CT molecular complexity index is 1080. The van der Waals surface area contributed by atoms with E-state index in [1.807, 2.05) is 0 Å². The number of amides is 2. The lowest BCUT2D eigenvalue weighted by molar-refractivity contribution is -0.131. The van der Waals surface area contributed by atoms with Crippen molar-refractivity contribution in [1.82, 2.24) is 0 Å². The average Bonchev–Trinajstić information content (AvgIpc) is 2.69. The minimum atomic E-state index is -0.475. The van der Waals surface area contributed by atoms with Crippen LogP contribution < -0.4 is 15.4 Å². The van der Waals surface area contributed by atoms with Gasteiger partial charge in [-0.1, -0.05) is 35.9 Å². The predicted octanol–water partition coefficient (Wildman–Crippen LogP) is 4.77. The van der Waals surface area contributed by atoms with E-state index < -0.39 is 11.9 Å². The second-order valence-electron chi connectivity index (χ2n) is 6.09. The minimum absolute atomic E-state index is 0.271. The second kappa shape index (κ2) is 9.03. The molecule has 0 spiro atoms. The van der Waals surface area contributed by atoms with Gasteiger partial charge in [-0.15, -0.1) is 0 Å². The number of para-hydroxylation sites is 2. The molecule has 2 amide bonds. The van der Waals surface area contributed by atoms with Gasteiger partial charge in [0.05, 0.1) is 11.4 Å². The summed E-state index contributed by atoms with van der Waals surface area (Å²) in [5.74, 6) is -0.973. The average molecular weight is 409 g/mol. The molecule has 2 N–H and O–H groups in total. The number of ether oxygens (including phenoxy) is 1. The van der Waals surface area contributed by atoms with Crippen LogP contribution in [-0.2, 0) is 4.79 Å². The predicted molar refractivity (Wildman–Crippen MR) is 112 cm³/mol. The van der Waals surface area contributed by atoms with Crippen molar-refractivity contribution in [1.29, 1.82) is 0 Å². The van der Waals surface area contributed by atoms with Gasteiger partial charge in [0.15, 0.2) is 0 Å². The molecule has 6 nitrogen and oxygen atoms in total. The van der Waals surface area contributed by atoms with Gasteiger partial charge in [0.25, 0.3) is 11.8 Å². The van der Waals surface area contributed by atoms with Crippen LogP contribution in [0.5, 0.6) is 5.75 Å². The Kier molecular flexibility index (Phi) is 6.26. The smallest absolute Gasteiger partial charge is 0.308 e. The molecule has 3 rings (SSSR count). The van der Waals surface area contributed by atoms with Gasteiger partial charge in [0.2, 0.25) is 0 Å². The molecule has 0 fully saturated rings. The summed E-state index contributed by atoms with van der Waals surface area (Å²) in [6.45, 7) is 1.28. The van der Waals surface area contributed by atoms with Crippen LogP contribution in [0, 0.1) is 0 Å². The molecule has 0 heterocycles. The third kappa shape index (κ3) is 5.43. The largest absolute Gasteiger partial charge is 0.427 e. The Morgan fingerprint density at radius 1 is 0.759 bits per heavy atom.